The number of amidine groups is 1. The van der Waals surface area contributed by atoms with Crippen molar-refractivity contribution >= 4 is 62.8 Å². The van der Waals surface area contributed by atoms with Crippen molar-refractivity contribution in [3.05, 3.63) is 77.1 Å². The molecule has 1 aromatic carbocycles. The number of anilines is 1. The number of rotatable bonds is 7. The van der Waals surface area contributed by atoms with Crippen molar-refractivity contribution in [2.24, 2.45) is 15.3 Å². The van der Waals surface area contributed by atoms with Crippen molar-refractivity contribution in [1.29, 1.82) is 0 Å². The SMILES string of the molecule is O=C(CC1SC(=NN=Cc2ccco2)N(N=Cc2ccco2)C1=O)Nc1ccc(Br)cc1. The number of hydrogen-bond acceptors (Lipinski definition) is 8. The summed E-state index contributed by atoms with van der Waals surface area (Å²) < 4.78 is 11.3. The van der Waals surface area contributed by atoms with E-state index in [9.17, 15) is 9.59 Å². The van der Waals surface area contributed by atoms with Crippen molar-refractivity contribution in [3.63, 3.8) is 0 Å². The third-order valence-corrected chi connectivity index (χ3v) is 5.77. The Morgan fingerprint density at radius 1 is 1.09 bits per heavy atom. The minimum atomic E-state index is -0.697. The highest BCUT2D eigenvalue weighted by Gasteiger charge is 2.39. The maximum Gasteiger partial charge on any atom is 0.263 e. The molecule has 32 heavy (non-hydrogen) atoms. The molecule has 0 saturated carbocycles. The lowest BCUT2D eigenvalue weighted by Gasteiger charge is -2.09. The van der Waals surface area contributed by atoms with Gasteiger partial charge in [-0.15, -0.1) is 5.10 Å². The van der Waals surface area contributed by atoms with Crippen molar-refractivity contribution < 1.29 is 18.4 Å². The molecule has 1 saturated heterocycles. The summed E-state index contributed by atoms with van der Waals surface area (Å²) in [6, 6.07) is 14.0. The molecule has 1 N–H and O–H groups in total. The zero-order valence-electron chi connectivity index (χ0n) is 16.4. The van der Waals surface area contributed by atoms with Gasteiger partial charge < -0.3 is 14.2 Å². The fourth-order valence-corrected chi connectivity index (χ4v) is 3.94. The second-order valence-corrected chi connectivity index (χ2v) is 8.50. The zero-order chi connectivity index (χ0) is 22.3. The predicted octanol–water partition coefficient (Wildman–Crippen LogP) is 4.33. The molecule has 0 aliphatic carbocycles. The zero-order valence-corrected chi connectivity index (χ0v) is 18.8. The minimum absolute atomic E-state index is 0.0484. The lowest BCUT2D eigenvalue weighted by molar-refractivity contribution is -0.128. The molecule has 1 fully saturated rings. The van der Waals surface area contributed by atoms with Gasteiger partial charge in [-0.05, 0) is 48.5 Å². The Morgan fingerprint density at radius 3 is 2.44 bits per heavy atom. The quantitative estimate of drug-likeness (QED) is 0.373. The summed E-state index contributed by atoms with van der Waals surface area (Å²) in [6.45, 7) is 0. The third kappa shape index (κ3) is 5.62. The fraction of sp³-hybridized carbons (Fsp3) is 0.0952. The Bertz CT molecular complexity index is 1160. The van der Waals surface area contributed by atoms with E-state index in [1.165, 1.54) is 25.0 Å². The van der Waals surface area contributed by atoms with E-state index < -0.39 is 5.25 Å². The van der Waals surface area contributed by atoms with E-state index in [4.69, 9.17) is 8.83 Å². The Morgan fingerprint density at radius 2 is 1.78 bits per heavy atom. The summed E-state index contributed by atoms with van der Waals surface area (Å²) in [5.74, 6) is 0.307. The Hall–Kier alpha value is -3.44. The molecule has 9 nitrogen and oxygen atoms in total. The van der Waals surface area contributed by atoms with Crippen LogP contribution in [0.15, 0.2) is 89.7 Å². The van der Waals surface area contributed by atoms with Crippen molar-refractivity contribution in [3.8, 4) is 0 Å². The topological polar surface area (TPSA) is 113 Å². The smallest absolute Gasteiger partial charge is 0.263 e. The van der Waals surface area contributed by atoms with Gasteiger partial charge in [-0.25, -0.2) is 0 Å². The van der Waals surface area contributed by atoms with Crippen LogP contribution in [-0.4, -0.2) is 39.7 Å². The first-order valence-corrected chi connectivity index (χ1v) is 11.0. The molecule has 3 heterocycles. The van der Waals surface area contributed by atoms with Crippen molar-refractivity contribution in [2.45, 2.75) is 11.7 Å². The molecule has 0 spiro atoms. The van der Waals surface area contributed by atoms with Crippen LogP contribution in [0.25, 0.3) is 0 Å². The summed E-state index contributed by atoms with van der Waals surface area (Å²) in [7, 11) is 0. The van der Waals surface area contributed by atoms with E-state index >= 15 is 0 Å². The van der Waals surface area contributed by atoms with Crippen molar-refractivity contribution in [2.75, 3.05) is 5.32 Å². The second-order valence-electron chi connectivity index (χ2n) is 6.42. The summed E-state index contributed by atoms with van der Waals surface area (Å²) in [4.78, 5) is 25.4. The molecule has 1 aliphatic heterocycles. The van der Waals surface area contributed by atoms with Gasteiger partial charge in [0.15, 0.2) is 0 Å². The highest BCUT2D eigenvalue weighted by molar-refractivity contribution is 9.10. The predicted molar refractivity (Wildman–Crippen MR) is 126 cm³/mol. The average Bonchev–Trinajstić information content (AvgIpc) is 3.53. The van der Waals surface area contributed by atoms with Crippen LogP contribution in [0.3, 0.4) is 0 Å². The first-order chi connectivity index (χ1) is 15.6. The Labute approximate surface area is 195 Å². The highest BCUT2D eigenvalue weighted by atomic mass is 79.9. The molecule has 0 radical (unpaired) electrons. The fourth-order valence-electron chi connectivity index (χ4n) is 2.65. The number of halogens is 1. The molecule has 0 bridgehead atoms. The second kappa shape index (κ2) is 10.2. The summed E-state index contributed by atoms with van der Waals surface area (Å²) in [5, 5.41) is 15.7. The maximum atomic E-state index is 12.9. The highest BCUT2D eigenvalue weighted by Crippen LogP contribution is 2.30. The molecule has 11 heteroatoms. The van der Waals surface area contributed by atoms with Crippen molar-refractivity contribution in [1.82, 2.24) is 5.01 Å². The molecule has 2 aromatic heterocycles. The Balaban J connectivity index is 1.48. The molecular formula is C21H16BrN5O4S. The molecule has 1 unspecified atom stereocenters. The third-order valence-electron chi connectivity index (χ3n) is 4.13. The van der Waals surface area contributed by atoms with Gasteiger partial charge in [-0.3, -0.25) is 9.59 Å². The first-order valence-electron chi connectivity index (χ1n) is 9.36. The number of amides is 2. The molecule has 2 amide bonds. The number of carbonyl (C=O) groups excluding carboxylic acids is 2. The van der Waals surface area contributed by atoms with Crippen LogP contribution in [0.4, 0.5) is 5.69 Å². The number of carbonyl (C=O) groups is 2. The molecule has 4 rings (SSSR count). The number of benzene rings is 1. The van der Waals surface area contributed by atoms with Crippen LogP contribution < -0.4 is 5.32 Å². The van der Waals surface area contributed by atoms with Crippen LogP contribution in [0.1, 0.15) is 17.9 Å². The number of thioether (sulfide) groups is 1. The van der Waals surface area contributed by atoms with Gasteiger partial charge in [0.25, 0.3) is 5.91 Å². The van der Waals surface area contributed by atoms with E-state index in [2.05, 4.69) is 36.6 Å². The molecule has 162 valence electrons. The van der Waals surface area contributed by atoms with E-state index in [-0.39, 0.29) is 23.4 Å². The normalized spacial score (nSPS) is 17.8. The number of hydrogen-bond donors (Lipinski definition) is 1. The van der Waals surface area contributed by atoms with Gasteiger partial charge in [0.05, 0.1) is 25.0 Å². The summed E-state index contributed by atoms with van der Waals surface area (Å²) in [5.41, 5.74) is 0.637. The molecule has 3 aromatic rings. The lowest BCUT2D eigenvalue weighted by Crippen LogP contribution is -2.29. The van der Waals surface area contributed by atoms with E-state index in [0.717, 1.165) is 21.2 Å². The molecular weight excluding hydrogens is 498 g/mol. The van der Waals surface area contributed by atoms with Gasteiger partial charge in [-0.1, -0.05) is 27.7 Å². The largest absolute Gasteiger partial charge is 0.463 e. The summed E-state index contributed by atoms with van der Waals surface area (Å²) >= 11 is 4.46. The minimum Gasteiger partial charge on any atom is -0.463 e. The lowest BCUT2D eigenvalue weighted by atomic mass is 10.2. The van der Waals surface area contributed by atoms with Crippen LogP contribution in [0, 0.1) is 0 Å². The van der Waals surface area contributed by atoms with Crippen LogP contribution in [-0.2, 0) is 9.59 Å². The first kappa shape index (κ1) is 21.8. The van der Waals surface area contributed by atoms with Crippen LogP contribution in [0.2, 0.25) is 0 Å². The monoisotopic (exact) mass is 513 g/mol. The Kier molecular flexibility index (Phi) is 6.97. The maximum absolute atomic E-state index is 12.9. The van der Waals surface area contributed by atoms with Gasteiger partial charge >= 0.3 is 0 Å². The van der Waals surface area contributed by atoms with E-state index in [1.54, 1.807) is 36.4 Å². The standard InChI is InChI=1S/C21H16BrN5O4S/c22-14-5-7-15(8-6-14)25-19(28)11-18-20(29)27(24-13-17-4-2-10-31-17)21(32-18)26-23-12-16-3-1-9-30-16/h1-10,12-13,18H,11H2,(H,25,28). The van der Waals surface area contributed by atoms with Crippen LogP contribution in [0.5, 0.6) is 0 Å². The van der Waals surface area contributed by atoms with E-state index in [1.807, 2.05) is 12.1 Å². The van der Waals surface area contributed by atoms with E-state index in [0.29, 0.717) is 17.2 Å². The van der Waals surface area contributed by atoms with Crippen LogP contribution >= 0.6 is 27.7 Å². The summed E-state index contributed by atoms with van der Waals surface area (Å²) in [6.07, 6.45) is 5.78. The van der Waals surface area contributed by atoms with Gasteiger partial charge in [0, 0.05) is 16.6 Å². The van der Waals surface area contributed by atoms with Gasteiger partial charge in [0.1, 0.15) is 16.8 Å². The number of nitrogens with zero attached hydrogens (tertiary/aromatic N) is 4. The molecule has 1 atom stereocenters. The molecule has 1 aliphatic rings. The van der Waals surface area contributed by atoms with Gasteiger partial charge in [0.2, 0.25) is 11.1 Å². The average molecular weight is 514 g/mol. The van der Waals surface area contributed by atoms with Gasteiger partial charge in [-0.2, -0.15) is 15.2 Å². The number of nitrogens with one attached hydrogen (secondary N) is 1. The number of furan rings is 2. The number of hydrazone groups is 1.